The quantitative estimate of drug-likeness (QED) is 0.849. The molecule has 0 bridgehead atoms. The van der Waals surface area contributed by atoms with Gasteiger partial charge < -0.3 is 10.6 Å². The fraction of sp³-hybridized carbons (Fsp3) is 0.571. The number of amides is 1. The van der Waals surface area contributed by atoms with Crippen LogP contribution in [0.15, 0.2) is 6.07 Å². The number of thiocarbonyl (C=S) groups is 1. The van der Waals surface area contributed by atoms with Crippen LogP contribution in [0.4, 0.5) is 0 Å². The van der Waals surface area contributed by atoms with E-state index in [2.05, 4.69) is 6.07 Å². The Balaban J connectivity index is 1.73. The fourth-order valence-electron chi connectivity index (χ4n) is 2.64. The largest absolute Gasteiger partial charge is 0.393 e. The zero-order valence-electron chi connectivity index (χ0n) is 10.9. The molecule has 2 aliphatic carbocycles. The molecule has 0 aliphatic heterocycles. The molecule has 0 unspecified atom stereocenters. The summed E-state index contributed by atoms with van der Waals surface area (Å²) in [7, 11) is 0. The summed E-state index contributed by atoms with van der Waals surface area (Å²) in [5.41, 5.74) is 6.94. The highest BCUT2D eigenvalue weighted by molar-refractivity contribution is 7.80. The van der Waals surface area contributed by atoms with Crippen molar-refractivity contribution in [1.29, 1.82) is 0 Å². The van der Waals surface area contributed by atoms with E-state index in [4.69, 9.17) is 18.0 Å². The van der Waals surface area contributed by atoms with Crippen molar-refractivity contribution in [2.75, 3.05) is 6.54 Å². The van der Waals surface area contributed by atoms with Crippen molar-refractivity contribution in [1.82, 2.24) is 4.90 Å². The van der Waals surface area contributed by atoms with Crippen molar-refractivity contribution in [2.24, 2.45) is 5.73 Å². The standard InChI is InChI=1S/C14H18N2OS2/c15-13(18)6-7-16(10-4-5-10)14(17)12-8-9-2-1-3-11(9)19-12/h8,10H,1-7H2,(H2,15,18). The van der Waals surface area contributed by atoms with E-state index in [9.17, 15) is 4.79 Å². The maximum absolute atomic E-state index is 12.6. The minimum atomic E-state index is 0.179. The van der Waals surface area contributed by atoms with Gasteiger partial charge in [0.1, 0.15) is 0 Å². The van der Waals surface area contributed by atoms with Crippen molar-refractivity contribution in [3.05, 3.63) is 21.4 Å². The van der Waals surface area contributed by atoms with Crippen LogP contribution in [0.2, 0.25) is 0 Å². The number of aryl methyl sites for hydroxylation is 2. The third-order valence-corrected chi connectivity index (χ3v) is 5.23. The van der Waals surface area contributed by atoms with Crippen molar-refractivity contribution < 1.29 is 4.79 Å². The SMILES string of the molecule is NC(=S)CCN(C(=O)c1cc2c(s1)CCC2)C1CC1. The predicted octanol–water partition coefficient (Wildman–Crippen LogP) is 2.52. The highest BCUT2D eigenvalue weighted by Gasteiger charge is 2.34. The Morgan fingerprint density at radius 2 is 2.26 bits per heavy atom. The number of hydrogen-bond donors (Lipinski definition) is 1. The first kappa shape index (κ1) is 13.1. The second-order valence-electron chi connectivity index (χ2n) is 5.36. The van der Waals surface area contributed by atoms with Crippen LogP contribution >= 0.6 is 23.6 Å². The van der Waals surface area contributed by atoms with Gasteiger partial charge in [0.25, 0.3) is 5.91 Å². The van der Waals surface area contributed by atoms with Crippen LogP contribution in [0.3, 0.4) is 0 Å². The van der Waals surface area contributed by atoms with E-state index in [0.29, 0.717) is 24.0 Å². The molecular weight excluding hydrogens is 276 g/mol. The maximum atomic E-state index is 12.6. The van der Waals surface area contributed by atoms with E-state index < -0.39 is 0 Å². The number of nitrogens with zero attached hydrogens (tertiary/aromatic N) is 1. The zero-order valence-corrected chi connectivity index (χ0v) is 12.5. The van der Waals surface area contributed by atoms with Gasteiger partial charge >= 0.3 is 0 Å². The van der Waals surface area contributed by atoms with Crippen LogP contribution in [-0.4, -0.2) is 28.4 Å². The number of nitrogens with two attached hydrogens (primary N) is 1. The molecule has 1 aromatic heterocycles. The number of hydrogen-bond acceptors (Lipinski definition) is 3. The van der Waals surface area contributed by atoms with E-state index in [1.165, 1.54) is 16.9 Å². The molecule has 19 heavy (non-hydrogen) atoms. The van der Waals surface area contributed by atoms with Gasteiger partial charge in [-0.1, -0.05) is 12.2 Å². The number of rotatable bonds is 5. The Labute approximate surface area is 122 Å². The monoisotopic (exact) mass is 294 g/mol. The van der Waals surface area contributed by atoms with Crippen LogP contribution in [0.1, 0.15) is 45.8 Å². The Bertz CT molecular complexity index is 498. The molecule has 0 aromatic carbocycles. The first-order chi connectivity index (χ1) is 9.15. The summed E-state index contributed by atoms with van der Waals surface area (Å²) in [6.45, 7) is 0.668. The van der Waals surface area contributed by atoms with Crippen molar-refractivity contribution in [3.63, 3.8) is 0 Å². The van der Waals surface area contributed by atoms with Crippen LogP contribution in [0.25, 0.3) is 0 Å². The summed E-state index contributed by atoms with van der Waals surface area (Å²) in [5, 5.41) is 0. The molecule has 0 saturated heterocycles. The molecule has 0 atom stereocenters. The third kappa shape index (κ3) is 2.82. The number of thiophene rings is 1. The first-order valence-electron chi connectivity index (χ1n) is 6.86. The highest BCUT2D eigenvalue weighted by atomic mass is 32.1. The Kier molecular flexibility index (Phi) is 3.58. The smallest absolute Gasteiger partial charge is 0.264 e. The summed E-state index contributed by atoms with van der Waals surface area (Å²) >= 11 is 6.60. The molecular formula is C14H18N2OS2. The highest BCUT2D eigenvalue weighted by Crippen LogP contribution is 2.34. The van der Waals surface area contributed by atoms with Crippen LogP contribution in [0.5, 0.6) is 0 Å². The summed E-state index contributed by atoms with van der Waals surface area (Å²) in [6.07, 6.45) is 6.38. The van der Waals surface area contributed by atoms with Gasteiger partial charge in [-0.2, -0.15) is 0 Å². The molecule has 102 valence electrons. The van der Waals surface area contributed by atoms with Gasteiger partial charge in [0.15, 0.2) is 0 Å². The Morgan fingerprint density at radius 3 is 2.89 bits per heavy atom. The molecule has 3 rings (SSSR count). The van der Waals surface area contributed by atoms with Crippen LogP contribution < -0.4 is 5.73 Å². The molecule has 1 aromatic rings. The molecule has 2 N–H and O–H groups in total. The van der Waals surface area contributed by atoms with Crippen molar-refractivity contribution in [2.45, 2.75) is 44.6 Å². The molecule has 5 heteroatoms. The minimum absolute atomic E-state index is 0.179. The summed E-state index contributed by atoms with van der Waals surface area (Å²) in [4.78, 5) is 17.4. The van der Waals surface area contributed by atoms with E-state index >= 15 is 0 Å². The molecule has 0 spiro atoms. The molecule has 2 aliphatic rings. The average molecular weight is 294 g/mol. The molecule has 1 amide bonds. The van der Waals surface area contributed by atoms with Crippen molar-refractivity contribution in [3.8, 4) is 0 Å². The maximum Gasteiger partial charge on any atom is 0.264 e. The molecule has 0 radical (unpaired) electrons. The van der Waals surface area contributed by atoms with Gasteiger partial charge in [0.2, 0.25) is 0 Å². The number of carbonyl (C=O) groups excluding carboxylic acids is 1. The van der Waals surface area contributed by atoms with Gasteiger partial charge in [-0.3, -0.25) is 4.79 Å². The van der Waals surface area contributed by atoms with E-state index in [0.717, 1.165) is 30.6 Å². The second kappa shape index (κ2) is 5.21. The lowest BCUT2D eigenvalue weighted by Gasteiger charge is -2.21. The normalized spacial score (nSPS) is 17.3. The Morgan fingerprint density at radius 1 is 1.47 bits per heavy atom. The van der Waals surface area contributed by atoms with Gasteiger partial charge in [-0.05, 0) is 43.7 Å². The summed E-state index contributed by atoms with van der Waals surface area (Å²) in [6, 6.07) is 2.52. The third-order valence-electron chi connectivity index (χ3n) is 3.80. The minimum Gasteiger partial charge on any atom is -0.393 e. The lowest BCUT2D eigenvalue weighted by molar-refractivity contribution is 0.0753. The lowest BCUT2D eigenvalue weighted by Crippen LogP contribution is -2.35. The van der Waals surface area contributed by atoms with Crippen molar-refractivity contribution >= 4 is 34.5 Å². The van der Waals surface area contributed by atoms with E-state index in [1.807, 2.05) is 4.90 Å². The lowest BCUT2D eigenvalue weighted by atomic mass is 10.2. The van der Waals surface area contributed by atoms with Gasteiger partial charge in [0, 0.05) is 23.9 Å². The Hall–Kier alpha value is -0.940. The molecule has 1 saturated carbocycles. The van der Waals surface area contributed by atoms with E-state index in [-0.39, 0.29) is 5.91 Å². The van der Waals surface area contributed by atoms with E-state index in [1.54, 1.807) is 11.3 Å². The molecule has 3 nitrogen and oxygen atoms in total. The average Bonchev–Trinajstić information content (AvgIpc) is 2.96. The second-order valence-corrected chi connectivity index (χ2v) is 7.02. The molecule has 1 heterocycles. The number of carbonyl (C=O) groups is 1. The van der Waals surface area contributed by atoms with Crippen LogP contribution in [0, 0.1) is 0 Å². The number of fused-ring (bicyclic) bond motifs is 1. The first-order valence-corrected chi connectivity index (χ1v) is 8.08. The zero-order chi connectivity index (χ0) is 13.4. The van der Waals surface area contributed by atoms with Gasteiger partial charge in [-0.15, -0.1) is 11.3 Å². The van der Waals surface area contributed by atoms with Gasteiger partial charge in [0.05, 0.1) is 9.87 Å². The topological polar surface area (TPSA) is 46.3 Å². The predicted molar refractivity (Wildman–Crippen MR) is 81.8 cm³/mol. The molecule has 1 fully saturated rings. The summed E-state index contributed by atoms with van der Waals surface area (Å²) in [5.74, 6) is 0.179. The summed E-state index contributed by atoms with van der Waals surface area (Å²) < 4.78 is 0. The fourth-order valence-corrected chi connectivity index (χ4v) is 3.94. The van der Waals surface area contributed by atoms with Crippen LogP contribution in [-0.2, 0) is 12.8 Å². The van der Waals surface area contributed by atoms with Gasteiger partial charge in [-0.25, -0.2) is 0 Å².